The summed E-state index contributed by atoms with van der Waals surface area (Å²) < 4.78 is 0. The van der Waals surface area contributed by atoms with E-state index in [2.05, 4.69) is 17.2 Å². The lowest BCUT2D eigenvalue weighted by atomic mass is 10.2. The molecule has 1 rings (SSSR count). The van der Waals surface area contributed by atoms with Crippen LogP contribution < -0.4 is 10.6 Å². The predicted molar refractivity (Wildman–Crippen MR) is 76.3 cm³/mol. The number of carbonyl (C=O) groups excluding carboxylic acids is 2. The summed E-state index contributed by atoms with van der Waals surface area (Å²) in [5, 5.41) is 14.4. The first kappa shape index (κ1) is 16.6. The Labute approximate surface area is 119 Å². The van der Waals surface area contributed by atoms with Gasteiger partial charge >= 0.3 is 6.03 Å². The van der Waals surface area contributed by atoms with Crippen LogP contribution in [-0.2, 0) is 4.79 Å². The first-order chi connectivity index (χ1) is 9.42. The topological polar surface area (TPSA) is 84.9 Å². The van der Waals surface area contributed by atoms with Gasteiger partial charge in [-0.1, -0.05) is 6.08 Å². The number of nitrogens with zero attached hydrogens (tertiary/aromatic N) is 2. The van der Waals surface area contributed by atoms with E-state index < -0.39 is 12.1 Å². The van der Waals surface area contributed by atoms with Gasteiger partial charge in [0.25, 0.3) is 0 Å². The van der Waals surface area contributed by atoms with Crippen molar-refractivity contribution in [3.8, 4) is 0 Å². The fourth-order valence-corrected chi connectivity index (χ4v) is 2.32. The van der Waals surface area contributed by atoms with E-state index in [1.807, 2.05) is 23.9 Å². The van der Waals surface area contributed by atoms with Crippen LogP contribution in [0.2, 0.25) is 0 Å². The molecule has 0 spiro atoms. The van der Waals surface area contributed by atoms with Crippen LogP contribution in [0.1, 0.15) is 6.42 Å². The number of carbonyl (C=O) groups is 2. The zero-order valence-corrected chi connectivity index (χ0v) is 12.1. The van der Waals surface area contributed by atoms with Crippen molar-refractivity contribution in [2.24, 2.45) is 0 Å². The number of likely N-dealkylation sites (N-methyl/N-ethyl adjacent to an activating group) is 1. The van der Waals surface area contributed by atoms with Crippen LogP contribution in [0.25, 0.3) is 0 Å². The molecule has 1 saturated heterocycles. The molecule has 0 bridgehead atoms. The van der Waals surface area contributed by atoms with Crippen LogP contribution in [0.3, 0.4) is 0 Å². The van der Waals surface area contributed by atoms with Gasteiger partial charge in [0.2, 0.25) is 5.91 Å². The van der Waals surface area contributed by atoms with Gasteiger partial charge in [-0.05, 0) is 20.5 Å². The van der Waals surface area contributed by atoms with Crippen molar-refractivity contribution in [2.75, 3.05) is 40.3 Å². The van der Waals surface area contributed by atoms with Crippen LogP contribution in [0.4, 0.5) is 4.79 Å². The summed E-state index contributed by atoms with van der Waals surface area (Å²) in [5.74, 6) is -0.371. The average molecular weight is 284 g/mol. The Morgan fingerprint density at radius 1 is 1.50 bits per heavy atom. The Balaban J connectivity index is 2.42. The van der Waals surface area contributed by atoms with Gasteiger partial charge in [0.1, 0.15) is 0 Å². The number of aliphatic hydroxyl groups excluding tert-OH is 1. The van der Waals surface area contributed by atoms with Gasteiger partial charge in [-0.3, -0.25) is 15.0 Å². The quantitative estimate of drug-likeness (QED) is 0.545. The number of amides is 3. The highest BCUT2D eigenvalue weighted by molar-refractivity contribution is 5.95. The summed E-state index contributed by atoms with van der Waals surface area (Å²) in [6, 6.07) is -0.402. The molecule has 7 heteroatoms. The maximum Gasteiger partial charge on any atom is 0.321 e. The Bertz CT molecular complexity index is 360. The molecule has 0 aromatic carbocycles. The normalized spacial score (nSPS) is 22.8. The van der Waals surface area contributed by atoms with E-state index in [1.165, 1.54) is 6.08 Å². The highest BCUT2D eigenvalue weighted by atomic mass is 16.3. The molecule has 0 aromatic heterocycles. The summed E-state index contributed by atoms with van der Waals surface area (Å²) in [4.78, 5) is 27.0. The van der Waals surface area contributed by atoms with Crippen molar-refractivity contribution in [1.29, 1.82) is 0 Å². The molecule has 1 aliphatic rings. The van der Waals surface area contributed by atoms with Crippen molar-refractivity contribution >= 4 is 11.9 Å². The van der Waals surface area contributed by atoms with Crippen molar-refractivity contribution in [1.82, 2.24) is 20.4 Å². The van der Waals surface area contributed by atoms with Crippen LogP contribution in [0.15, 0.2) is 12.7 Å². The number of rotatable bonds is 6. The first-order valence-electron chi connectivity index (χ1n) is 6.67. The third-order valence-corrected chi connectivity index (χ3v) is 3.09. The molecule has 0 aromatic rings. The molecule has 2 unspecified atom stereocenters. The summed E-state index contributed by atoms with van der Waals surface area (Å²) in [5.41, 5.74) is 0. The number of hydrogen-bond donors (Lipinski definition) is 3. The van der Waals surface area contributed by atoms with Gasteiger partial charge in [-0.15, -0.1) is 6.58 Å². The molecule has 1 aliphatic heterocycles. The Kier molecular flexibility index (Phi) is 6.63. The molecule has 7 nitrogen and oxygen atoms in total. The third kappa shape index (κ3) is 5.68. The molecule has 1 heterocycles. The summed E-state index contributed by atoms with van der Waals surface area (Å²) in [7, 11) is 3.90. The van der Waals surface area contributed by atoms with Crippen molar-refractivity contribution in [2.45, 2.75) is 18.6 Å². The minimum atomic E-state index is -0.529. The molecule has 0 saturated carbocycles. The second-order valence-electron chi connectivity index (χ2n) is 5.28. The molecule has 3 amide bonds. The number of hydrogen-bond acceptors (Lipinski definition) is 5. The van der Waals surface area contributed by atoms with Crippen LogP contribution in [0, 0.1) is 0 Å². The van der Waals surface area contributed by atoms with Gasteiger partial charge in [0.05, 0.1) is 12.6 Å². The van der Waals surface area contributed by atoms with Crippen LogP contribution >= 0.6 is 0 Å². The van der Waals surface area contributed by atoms with Gasteiger partial charge in [-0.25, -0.2) is 4.79 Å². The Hall–Kier alpha value is -1.44. The smallest absolute Gasteiger partial charge is 0.321 e. The number of imide groups is 1. The molecule has 0 aliphatic carbocycles. The summed E-state index contributed by atoms with van der Waals surface area (Å²) in [6.07, 6.45) is 1.77. The van der Waals surface area contributed by atoms with E-state index in [0.717, 1.165) is 6.54 Å². The van der Waals surface area contributed by atoms with Gasteiger partial charge in [0.15, 0.2) is 0 Å². The predicted octanol–water partition coefficient (Wildman–Crippen LogP) is -1.00. The molecule has 20 heavy (non-hydrogen) atoms. The molecule has 0 radical (unpaired) electrons. The van der Waals surface area contributed by atoms with Crippen molar-refractivity contribution in [3.63, 3.8) is 0 Å². The zero-order valence-electron chi connectivity index (χ0n) is 12.1. The number of β-amino-alcohol motifs (C(OH)–C–C–N with tert-alkyl or cyclic N) is 1. The number of aliphatic hydroxyl groups is 1. The minimum absolute atomic E-state index is 0.108. The number of urea groups is 1. The molecule has 114 valence electrons. The summed E-state index contributed by atoms with van der Waals surface area (Å²) >= 11 is 0. The third-order valence-electron chi connectivity index (χ3n) is 3.09. The van der Waals surface area contributed by atoms with E-state index in [4.69, 9.17) is 0 Å². The first-order valence-corrected chi connectivity index (χ1v) is 6.67. The van der Waals surface area contributed by atoms with Crippen LogP contribution in [0.5, 0.6) is 0 Å². The Morgan fingerprint density at radius 3 is 2.80 bits per heavy atom. The van der Waals surface area contributed by atoms with E-state index in [9.17, 15) is 14.7 Å². The molecular weight excluding hydrogens is 260 g/mol. The molecular formula is C13H24N4O3. The molecule has 2 atom stereocenters. The fourth-order valence-electron chi connectivity index (χ4n) is 2.32. The lowest BCUT2D eigenvalue weighted by Crippen LogP contribution is -2.47. The number of nitrogens with one attached hydrogen (secondary N) is 2. The maximum atomic E-state index is 11.8. The van der Waals surface area contributed by atoms with Gasteiger partial charge in [-0.2, -0.15) is 0 Å². The summed E-state index contributed by atoms with van der Waals surface area (Å²) in [6.45, 7) is 5.12. The van der Waals surface area contributed by atoms with Crippen molar-refractivity contribution < 1.29 is 14.7 Å². The SMILES string of the molecule is C=CCNC(=O)NC(=O)CN1CC(O)CC1CN(C)C. The van der Waals surface area contributed by atoms with Gasteiger partial charge < -0.3 is 15.3 Å². The lowest BCUT2D eigenvalue weighted by molar-refractivity contribution is -0.121. The molecule has 3 N–H and O–H groups in total. The van der Waals surface area contributed by atoms with Crippen molar-refractivity contribution in [3.05, 3.63) is 12.7 Å². The monoisotopic (exact) mass is 284 g/mol. The lowest BCUT2D eigenvalue weighted by Gasteiger charge is -2.25. The second-order valence-corrected chi connectivity index (χ2v) is 5.28. The number of likely N-dealkylation sites (tertiary alicyclic amines) is 1. The van der Waals surface area contributed by atoms with E-state index in [-0.39, 0.29) is 18.5 Å². The zero-order chi connectivity index (χ0) is 15.1. The second kappa shape index (κ2) is 7.98. The van der Waals surface area contributed by atoms with Crippen LogP contribution in [-0.4, -0.2) is 79.3 Å². The highest BCUT2D eigenvalue weighted by Gasteiger charge is 2.32. The highest BCUT2D eigenvalue weighted by Crippen LogP contribution is 2.17. The van der Waals surface area contributed by atoms with Gasteiger partial charge in [0, 0.05) is 25.7 Å². The van der Waals surface area contributed by atoms with E-state index in [1.54, 1.807) is 0 Å². The maximum absolute atomic E-state index is 11.8. The fraction of sp³-hybridized carbons (Fsp3) is 0.692. The standard InChI is InChI=1S/C13H24N4O3/c1-4-5-14-13(20)15-12(19)9-17-8-11(18)6-10(17)7-16(2)3/h4,10-11,18H,1,5-9H2,2-3H3,(H2,14,15,19,20). The largest absolute Gasteiger partial charge is 0.392 e. The molecule has 1 fully saturated rings. The van der Waals surface area contributed by atoms with E-state index in [0.29, 0.717) is 19.5 Å². The minimum Gasteiger partial charge on any atom is -0.392 e. The Morgan fingerprint density at radius 2 is 2.20 bits per heavy atom. The van der Waals surface area contributed by atoms with E-state index >= 15 is 0 Å². The average Bonchev–Trinajstić information content (AvgIpc) is 2.65.